The van der Waals surface area contributed by atoms with Gasteiger partial charge in [0, 0.05) is 23.5 Å². The van der Waals surface area contributed by atoms with Gasteiger partial charge in [0.05, 0.1) is 0 Å². The minimum Gasteiger partial charge on any atom is -0.489 e. The molecule has 2 nitrogen and oxygen atoms in total. The third-order valence-electron chi connectivity index (χ3n) is 9.64. The molecule has 0 saturated carbocycles. The van der Waals surface area contributed by atoms with Crippen LogP contribution < -0.4 is 41.3 Å². The fraction of sp³-hybridized carbons (Fsp3) is 0.200. The Bertz CT molecular complexity index is 1800. The molecule has 244 valence electrons. The first-order valence-electron chi connectivity index (χ1n) is 17.5. The molecule has 8 rings (SSSR count). The smallest absolute Gasteiger partial charge is 0.131 e. The van der Waals surface area contributed by atoms with Crippen LogP contribution in [0.3, 0.4) is 0 Å². The van der Waals surface area contributed by atoms with Gasteiger partial charge in [0.15, 0.2) is 0 Å². The van der Waals surface area contributed by atoms with Crippen LogP contribution >= 0.6 is 15.8 Å². The number of hydrogen-bond acceptors (Lipinski definition) is 2. The van der Waals surface area contributed by atoms with E-state index in [1.807, 2.05) is 0 Å². The quantitative estimate of drug-likeness (QED) is 0.165. The monoisotopic (exact) mass is 676 g/mol. The van der Waals surface area contributed by atoms with E-state index in [2.05, 4.69) is 159 Å². The van der Waals surface area contributed by atoms with Crippen molar-refractivity contribution in [3.63, 3.8) is 0 Å². The van der Waals surface area contributed by atoms with E-state index in [-0.39, 0.29) is 12.2 Å². The average molecular weight is 677 g/mol. The van der Waals surface area contributed by atoms with Crippen LogP contribution in [0.1, 0.15) is 41.5 Å². The molecule has 0 aromatic heterocycles. The molecule has 49 heavy (non-hydrogen) atoms. The summed E-state index contributed by atoms with van der Waals surface area (Å²) in [6, 6.07) is 53.6. The minimum atomic E-state index is -0.817. The van der Waals surface area contributed by atoms with Crippen molar-refractivity contribution in [2.24, 2.45) is 0 Å². The molecule has 2 bridgehead atoms. The Balaban J connectivity index is 1.27. The van der Waals surface area contributed by atoms with Crippen LogP contribution in [0, 0.1) is 13.8 Å². The second-order valence-corrected chi connectivity index (χ2v) is 17.7. The molecule has 0 aliphatic carbocycles. The van der Waals surface area contributed by atoms with Gasteiger partial charge in [-0.1, -0.05) is 133 Å². The summed E-state index contributed by atoms with van der Waals surface area (Å²) in [6.07, 6.45) is 4.86. The van der Waals surface area contributed by atoms with Gasteiger partial charge < -0.3 is 9.47 Å². The largest absolute Gasteiger partial charge is 0.489 e. The number of benzene rings is 6. The van der Waals surface area contributed by atoms with E-state index in [0.29, 0.717) is 0 Å². The second-order valence-electron chi connectivity index (χ2n) is 13.4. The number of aryl methyl sites for hydroxylation is 2. The number of hydrogen-bond donors (Lipinski definition) is 0. The van der Waals surface area contributed by atoms with Crippen molar-refractivity contribution in [2.75, 3.05) is 0 Å². The molecule has 6 aromatic rings. The molecule has 0 fully saturated rings. The molecule has 2 aliphatic heterocycles. The highest BCUT2D eigenvalue weighted by atomic mass is 31.1. The molecule has 4 heteroatoms. The molecule has 2 atom stereocenters. The first-order valence-corrected chi connectivity index (χ1v) is 20.2. The summed E-state index contributed by atoms with van der Waals surface area (Å²) >= 11 is 0. The highest BCUT2D eigenvalue weighted by Crippen LogP contribution is 2.43. The van der Waals surface area contributed by atoms with Crippen LogP contribution in [0.25, 0.3) is 0 Å². The SMILES string of the molecule is Cc1cc2c(c(P(c3ccccc3)c3ccccc3)c1)O[C@@H]1CCC[C@H](C2)Oc2c(cc(C)cc2P(c2ccccc2)c2ccccc2)C1. The summed E-state index contributed by atoms with van der Waals surface area (Å²) < 4.78 is 14.8. The van der Waals surface area contributed by atoms with Gasteiger partial charge in [-0.25, -0.2) is 0 Å². The Morgan fingerprint density at radius 2 is 0.776 bits per heavy atom. The predicted molar refractivity (Wildman–Crippen MR) is 210 cm³/mol. The molecule has 0 amide bonds. The Hall–Kier alpha value is -4.22. The van der Waals surface area contributed by atoms with E-state index in [0.717, 1.165) is 43.6 Å². The van der Waals surface area contributed by atoms with E-state index in [4.69, 9.17) is 9.47 Å². The van der Waals surface area contributed by atoms with Crippen molar-refractivity contribution in [1.29, 1.82) is 0 Å². The Morgan fingerprint density at radius 3 is 1.10 bits per heavy atom. The molecule has 6 aromatic carbocycles. The summed E-state index contributed by atoms with van der Waals surface area (Å²) in [5.41, 5.74) is 5.10. The van der Waals surface area contributed by atoms with Crippen LogP contribution in [0.15, 0.2) is 146 Å². The van der Waals surface area contributed by atoms with Crippen LogP contribution in [0.4, 0.5) is 0 Å². The lowest BCUT2D eigenvalue weighted by molar-refractivity contribution is 0.189. The third-order valence-corrected chi connectivity index (χ3v) is 14.5. The summed E-state index contributed by atoms with van der Waals surface area (Å²) in [6.45, 7) is 4.48. The zero-order chi connectivity index (χ0) is 33.2. The summed E-state index contributed by atoms with van der Waals surface area (Å²) in [4.78, 5) is 0. The highest BCUT2D eigenvalue weighted by molar-refractivity contribution is 7.80. The van der Waals surface area contributed by atoms with Gasteiger partial charge in [-0.05, 0) is 105 Å². The molecule has 2 heterocycles. The van der Waals surface area contributed by atoms with Crippen molar-refractivity contribution in [2.45, 2.75) is 58.2 Å². The lowest BCUT2D eigenvalue weighted by Gasteiger charge is -2.31. The first-order chi connectivity index (χ1) is 24.1. The third kappa shape index (κ3) is 6.83. The summed E-state index contributed by atoms with van der Waals surface area (Å²) in [7, 11) is -1.63. The standard InChI is InChI=1S/C45H42O2P2/c1-32-26-34-30-36-16-15-17-37(46-44(34)42(28-32)48(38-18-7-3-8-19-38)39-20-9-4-10-21-39)31-35-27-33(2)29-43(45(35)47-36)49(40-22-11-5-12-23-40)41-24-13-6-14-25-41/h3-14,18-29,36-37H,15-17,30-31H2,1-2H3/t36-,37-/m1/s1. The van der Waals surface area contributed by atoms with Crippen LogP contribution in [-0.4, -0.2) is 12.2 Å². The Morgan fingerprint density at radius 1 is 0.449 bits per heavy atom. The molecular formula is C45H42O2P2. The predicted octanol–water partition coefficient (Wildman–Crippen LogP) is 8.30. The van der Waals surface area contributed by atoms with Gasteiger partial charge in [-0.3, -0.25) is 0 Å². The number of fused-ring (bicyclic) bond motifs is 6. The lowest BCUT2D eigenvalue weighted by atomic mass is 10.0. The van der Waals surface area contributed by atoms with Crippen LogP contribution in [0.5, 0.6) is 11.5 Å². The average Bonchev–Trinajstić information content (AvgIpc) is 3.26. The lowest BCUT2D eigenvalue weighted by Crippen LogP contribution is -2.31. The van der Waals surface area contributed by atoms with Crippen molar-refractivity contribution in [1.82, 2.24) is 0 Å². The molecular weight excluding hydrogens is 634 g/mol. The molecule has 2 aliphatic rings. The number of rotatable bonds is 6. The van der Waals surface area contributed by atoms with E-state index in [9.17, 15) is 0 Å². The maximum absolute atomic E-state index is 7.38. The Labute approximate surface area is 293 Å². The molecule has 0 spiro atoms. The van der Waals surface area contributed by atoms with Gasteiger partial charge in [-0.2, -0.15) is 0 Å². The van der Waals surface area contributed by atoms with E-state index < -0.39 is 15.8 Å². The fourth-order valence-corrected chi connectivity index (χ4v) is 12.6. The van der Waals surface area contributed by atoms with Crippen LogP contribution in [-0.2, 0) is 12.8 Å². The minimum absolute atomic E-state index is 0.0529. The summed E-state index contributed by atoms with van der Waals surface area (Å²) in [5.74, 6) is 2.16. The van der Waals surface area contributed by atoms with Crippen LogP contribution in [0.2, 0.25) is 0 Å². The molecule has 0 radical (unpaired) electrons. The molecule has 0 unspecified atom stereocenters. The van der Waals surface area contributed by atoms with Gasteiger partial charge in [-0.15, -0.1) is 0 Å². The maximum Gasteiger partial charge on any atom is 0.131 e. The van der Waals surface area contributed by atoms with Gasteiger partial charge in [0.25, 0.3) is 0 Å². The topological polar surface area (TPSA) is 18.5 Å². The number of ether oxygens (including phenoxy) is 2. The van der Waals surface area contributed by atoms with E-state index in [1.165, 1.54) is 54.1 Å². The highest BCUT2D eigenvalue weighted by Gasteiger charge is 2.32. The van der Waals surface area contributed by atoms with Gasteiger partial charge in [0.2, 0.25) is 0 Å². The van der Waals surface area contributed by atoms with E-state index in [1.54, 1.807) is 0 Å². The fourth-order valence-electron chi connectivity index (χ4n) is 7.53. The normalized spacial score (nSPS) is 17.1. The van der Waals surface area contributed by atoms with Gasteiger partial charge in [0.1, 0.15) is 23.7 Å². The maximum atomic E-state index is 7.38. The zero-order valence-corrected chi connectivity index (χ0v) is 30.0. The first kappa shape index (κ1) is 32.0. The molecule has 0 saturated heterocycles. The van der Waals surface area contributed by atoms with E-state index >= 15 is 0 Å². The van der Waals surface area contributed by atoms with Crippen molar-refractivity contribution in [3.05, 3.63) is 168 Å². The second kappa shape index (κ2) is 14.3. The summed E-state index contributed by atoms with van der Waals surface area (Å²) in [5, 5.41) is 8.01. The zero-order valence-electron chi connectivity index (χ0n) is 28.3. The van der Waals surface area contributed by atoms with Crippen molar-refractivity contribution >= 4 is 47.7 Å². The van der Waals surface area contributed by atoms with Crippen molar-refractivity contribution < 1.29 is 9.47 Å². The Kier molecular flexibility index (Phi) is 9.36. The molecule has 0 N–H and O–H groups in total. The van der Waals surface area contributed by atoms with Crippen molar-refractivity contribution in [3.8, 4) is 11.5 Å². The van der Waals surface area contributed by atoms with Gasteiger partial charge >= 0.3 is 0 Å².